The van der Waals surface area contributed by atoms with E-state index in [1.165, 1.54) is 11.1 Å². The molecule has 1 aliphatic heterocycles. The Balaban J connectivity index is 1.39. The van der Waals surface area contributed by atoms with Crippen molar-refractivity contribution in [1.29, 1.82) is 0 Å². The van der Waals surface area contributed by atoms with Crippen LogP contribution in [0.25, 0.3) is 0 Å². The van der Waals surface area contributed by atoms with Crippen molar-refractivity contribution in [2.75, 3.05) is 18.0 Å². The standard InChI is InChI=1S/C23H27ClN2O2S2/c1-17-6-8-18(9-7-17)15-19-16-29-22(25-19)26-13-10-20(11-14-26)30(27,28)21-5-3-4-12-23(21,2)24/h3-9,12,16,20-21H,10-11,13-15H2,1-2H3. The van der Waals surface area contributed by atoms with Gasteiger partial charge >= 0.3 is 0 Å². The number of halogens is 1. The van der Waals surface area contributed by atoms with E-state index in [-0.39, 0.29) is 5.25 Å². The zero-order valence-electron chi connectivity index (χ0n) is 17.3. The Bertz CT molecular complexity index is 1050. The number of rotatable bonds is 5. The number of hydrogen-bond acceptors (Lipinski definition) is 5. The molecule has 2 aliphatic rings. The average Bonchev–Trinajstić information content (AvgIpc) is 3.18. The molecule has 4 rings (SSSR count). The van der Waals surface area contributed by atoms with Gasteiger partial charge in [-0.05, 0) is 32.3 Å². The summed E-state index contributed by atoms with van der Waals surface area (Å²) in [5.41, 5.74) is 3.57. The molecule has 0 saturated carbocycles. The van der Waals surface area contributed by atoms with Crippen LogP contribution in [0.15, 0.2) is 53.9 Å². The van der Waals surface area contributed by atoms with E-state index in [4.69, 9.17) is 16.6 Å². The van der Waals surface area contributed by atoms with E-state index >= 15 is 0 Å². The minimum Gasteiger partial charge on any atom is -0.348 e. The molecule has 2 unspecified atom stereocenters. The highest BCUT2D eigenvalue weighted by Crippen LogP contribution is 2.35. The lowest BCUT2D eigenvalue weighted by molar-refractivity contribution is 0.518. The van der Waals surface area contributed by atoms with Gasteiger partial charge < -0.3 is 4.90 Å². The van der Waals surface area contributed by atoms with Gasteiger partial charge in [-0.15, -0.1) is 22.9 Å². The Hall–Kier alpha value is -1.63. The Morgan fingerprint density at radius 1 is 1.20 bits per heavy atom. The highest BCUT2D eigenvalue weighted by atomic mass is 35.5. The fourth-order valence-electron chi connectivity index (χ4n) is 4.14. The van der Waals surface area contributed by atoms with Gasteiger partial charge in [0.15, 0.2) is 15.0 Å². The van der Waals surface area contributed by atoms with E-state index < -0.39 is 20.0 Å². The summed E-state index contributed by atoms with van der Waals surface area (Å²) in [4.78, 5) is 6.14. The van der Waals surface area contributed by atoms with Gasteiger partial charge in [-0.25, -0.2) is 13.4 Å². The topological polar surface area (TPSA) is 50.3 Å². The van der Waals surface area contributed by atoms with Crippen molar-refractivity contribution >= 4 is 37.9 Å². The molecule has 160 valence electrons. The van der Waals surface area contributed by atoms with E-state index in [9.17, 15) is 8.42 Å². The predicted molar refractivity (Wildman–Crippen MR) is 127 cm³/mol. The minimum atomic E-state index is -3.35. The molecular weight excluding hydrogens is 436 g/mol. The Kier molecular flexibility index (Phi) is 6.11. The SMILES string of the molecule is Cc1ccc(Cc2csc(N3CCC(S(=O)(=O)C4C=CC=CC4(C)Cl)CC3)n2)cc1. The molecule has 0 bridgehead atoms. The summed E-state index contributed by atoms with van der Waals surface area (Å²) in [7, 11) is -3.35. The van der Waals surface area contributed by atoms with Crippen molar-refractivity contribution in [3.8, 4) is 0 Å². The van der Waals surface area contributed by atoms with Crippen molar-refractivity contribution in [2.45, 2.75) is 48.5 Å². The third kappa shape index (κ3) is 4.51. The molecule has 2 heterocycles. The summed E-state index contributed by atoms with van der Waals surface area (Å²) in [5.74, 6) is 0. The van der Waals surface area contributed by atoms with E-state index in [0.717, 1.165) is 17.2 Å². The highest BCUT2D eigenvalue weighted by Gasteiger charge is 2.44. The number of piperidine rings is 1. The van der Waals surface area contributed by atoms with Crippen molar-refractivity contribution in [3.05, 3.63) is 70.8 Å². The zero-order chi connectivity index (χ0) is 21.4. The molecule has 30 heavy (non-hydrogen) atoms. The lowest BCUT2D eigenvalue weighted by Gasteiger charge is -2.36. The van der Waals surface area contributed by atoms with Gasteiger partial charge in [0.2, 0.25) is 0 Å². The fourth-order valence-corrected chi connectivity index (χ4v) is 7.85. The smallest absolute Gasteiger partial charge is 0.185 e. The number of aromatic nitrogens is 1. The second-order valence-corrected chi connectivity index (χ2v) is 12.4. The molecule has 1 fully saturated rings. The maximum absolute atomic E-state index is 13.2. The monoisotopic (exact) mass is 462 g/mol. The summed E-state index contributed by atoms with van der Waals surface area (Å²) >= 11 is 8.15. The van der Waals surface area contributed by atoms with Crippen LogP contribution in [0.1, 0.15) is 36.6 Å². The second kappa shape index (κ2) is 8.48. The van der Waals surface area contributed by atoms with Crippen molar-refractivity contribution in [3.63, 3.8) is 0 Å². The number of allylic oxidation sites excluding steroid dienone is 3. The van der Waals surface area contributed by atoms with Crippen LogP contribution in [0.2, 0.25) is 0 Å². The first-order valence-corrected chi connectivity index (χ1v) is 13.1. The lowest BCUT2D eigenvalue weighted by atomic mass is 10.0. The molecule has 1 aromatic carbocycles. The molecule has 4 nitrogen and oxygen atoms in total. The summed E-state index contributed by atoms with van der Waals surface area (Å²) < 4.78 is 26.5. The van der Waals surface area contributed by atoms with E-state index in [1.54, 1.807) is 36.5 Å². The maximum Gasteiger partial charge on any atom is 0.185 e. The minimum absolute atomic E-state index is 0.361. The third-order valence-corrected chi connectivity index (χ3v) is 10.1. The number of hydrogen-bond donors (Lipinski definition) is 0. The van der Waals surface area contributed by atoms with Crippen LogP contribution in [-0.4, -0.2) is 41.9 Å². The van der Waals surface area contributed by atoms with Crippen molar-refractivity contribution < 1.29 is 8.42 Å². The third-order valence-electron chi connectivity index (χ3n) is 5.95. The summed E-state index contributed by atoms with van der Waals surface area (Å²) in [5, 5.41) is 2.06. The Morgan fingerprint density at radius 3 is 2.57 bits per heavy atom. The number of aryl methyl sites for hydroxylation is 1. The van der Waals surface area contributed by atoms with Gasteiger partial charge in [0, 0.05) is 24.9 Å². The molecule has 1 aromatic heterocycles. The van der Waals surface area contributed by atoms with Gasteiger partial charge in [0.05, 0.1) is 15.8 Å². The largest absolute Gasteiger partial charge is 0.348 e. The van der Waals surface area contributed by atoms with E-state index in [2.05, 4.69) is 41.5 Å². The molecule has 0 N–H and O–H groups in total. The van der Waals surface area contributed by atoms with E-state index in [1.807, 2.05) is 6.08 Å². The first-order chi connectivity index (χ1) is 14.3. The Labute approximate surface area is 188 Å². The molecule has 0 spiro atoms. The maximum atomic E-state index is 13.2. The number of thiazole rings is 1. The Morgan fingerprint density at radius 2 is 1.90 bits per heavy atom. The van der Waals surface area contributed by atoms with Crippen molar-refractivity contribution in [1.82, 2.24) is 4.98 Å². The summed E-state index contributed by atoms with van der Waals surface area (Å²) in [6.07, 6.45) is 9.14. The van der Waals surface area contributed by atoms with Gasteiger partial charge in [-0.1, -0.05) is 54.1 Å². The molecule has 7 heteroatoms. The van der Waals surface area contributed by atoms with Crippen LogP contribution in [0.3, 0.4) is 0 Å². The van der Waals surface area contributed by atoms with Crippen LogP contribution < -0.4 is 4.90 Å². The van der Waals surface area contributed by atoms with E-state index in [0.29, 0.717) is 25.9 Å². The summed E-state index contributed by atoms with van der Waals surface area (Å²) in [6.45, 7) is 5.26. The van der Waals surface area contributed by atoms with Gasteiger partial charge in [0.1, 0.15) is 5.25 Å². The number of benzene rings is 1. The van der Waals surface area contributed by atoms with Gasteiger partial charge in [-0.3, -0.25) is 0 Å². The number of anilines is 1. The van der Waals surface area contributed by atoms with Crippen LogP contribution in [0.4, 0.5) is 5.13 Å². The van der Waals surface area contributed by atoms with Crippen LogP contribution in [0, 0.1) is 6.92 Å². The van der Waals surface area contributed by atoms with Crippen LogP contribution in [-0.2, 0) is 16.3 Å². The fraction of sp³-hybridized carbons (Fsp3) is 0.435. The molecule has 1 saturated heterocycles. The quantitative estimate of drug-likeness (QED) is 0.592. The number of nitrogens with zero attached hydrogens (tertiary/aromatic N) is 2. The number of alkyl halides is 1. The average molecular weight is 463 g/mol. The van der Waals surface area contributed by atoms with Crippen LogP contribution >= 0.6 is 22.9 Å². The van der Waals surface area contributed by atoms with Gasteiger partial charge in [-0.2, -0.15) is 0 Å². The number of sulfone groups is 1. The second-order valence-electron chi connectivity index (χ2n) is 8.38. The molecule has 2 atom stereocenters. The first-order valence-electron chi connectivity index (χ1n) is 10.3. The molecule has 0 amide bonds. The lowest BCUT2D eigenvalue weighted by Crippen LogP contribution is -2.47. The molecule has 0 radical (unpaired) electrons. The molecule has 1 aliphatic carbocycles. The highest BCUT2D eigenvalue weighted by molar-refractivity contribution is 7.93. The predicted octanol–water partition coefficient (Wildman–Crippen LogP) is 4.92. The first kappa shape index (κ1) is 21.6. The van der Waals surface area contributed by atoms with Crippen LogP contribution in [0.5, 0.6) is 0 Å². The van der Waals surface area contributed by atoms with Crippen molar-refractivity contribution in [2.24, 2.45) is 0 Å². The normalized spacial score (nSPS) is 25.0. The van der Waals surface area contributed by atoms with Gasteiger partial charge in [0.25, 0.3) is 0 Å². The summed E-state index contributed by atoms with van der Waals surface area (Å²) in [6, 6.07) is 8.53. The zero-order valence-corrected chi connectivity index (χ0v) is 19.7. The molecular formula is C23H27ClN2O2S2. The molecule has 2 aromatic rings.